The van der Waals surface area contributed by atoms with E-state index in [-0.39, 0.29) is 5.56 Å². The molecule has 6 rings (SSSR count). The summed E-state index contributed by atoms with van der Waals surface area (Å²) in [6, 6.07) is 18.6. The number of benzene rings is 2. The molecule has 1 N–H and O–H groups in total. The Labute approximate surface area is 218 Å². The maximum atomic E-state index is 11.4. The second-order valence-electron chi connectivity index (χ2n) is 8.88. The Morgan fingerprint density at radius 3 is 2.53 bits per heavy atom. The van der Waals surface area contributed by atoms with Gasteiger partial charge in [0.05, 0.1) is 49.0 Å². The van der Waals surface area contributed by atoms with Crippen LogP contribution in [0.15, 0.2) is 66.9 Å². The fraction of sp³-hybridized carbons (Fsp3) is 0.172. The standard InChI is InChI=1S/C29H25N5O4/c1-37-26-18-21-4-2-3-5-22(21)31-23(26)10-11-24-27(19-6-8-20(9-7-19)29(35)36)34-28(32-24)25(12-13-30-34)33-14-16-38-17-15-33/h2-13,18H,14-17H2,1H3,(H,35,36). The fourth-order valence-corrected chi connectivity index (χ4v) is 4.71. The van der Waals surface area contributed by atoms with E-state index in [9.17, 15) is 9.90 Å². The molecule has 0 bridgehead atoms. The number of nitrogens with zero attached hydrogens (tertiary/aromatic N) is 5. The molecule has 5 aromatic rings. The molecule has 0 unspecified atom stereocenters. The number of pyridine rings is 1. The maximum Gasteiger partial charge on any atom is 0.335 e. The number of aromatic nitrogens is 4. The average molecular weight is 508 g/mol. The third kappa shape index (κ3) is 4.33. The number of carboxylic acids is 1. The Bertz CT molecular complexity index is 1670. The highest BCUT2D eigenvalue weighted by Gasteiger charge is 2.21. The molecule has 2 aromatic carbocycles. The number of fused-ring (bicyclic) bond motifs is 2. The Morgan fingerprint density at radius 2 is 1.76 bits per heavy atom. The van der Waals surface area contributed by atoms with Gasteiger partial charge in [0.2, 0.25) is 0 Å². The summed E-state index contributed by atoms with van der Waals surface area (Å²) in [5.74, 6) is -0.319. The van der Waals surface area contributed by atoms with Crippen LogP contribution in [0.5, 0.6) is 5.75 Å². The number of morpholine rings is 1. The van der Waals surface area contributed by atoms with E-state index in [1.807, 2.05) is 53.1 Å². The van der Waals surface area contributed by atoms with Crippen molar-refractivity contribution in [2.75, 3.05) is 38.3 Å². The van der Waals surface area contributed by atoms with Gasteiger partial charge in [-0.05, 0) is 42.5 Å². The SMILES string of the molecule is COc1cc2ccccc2nc1C=Cc1nc2c(N3CCOCC3)ccnn2c1-c1ccc(C(=O)O)cc1. The second-order valence-corrected chi connectivity index (χ2v) is 8.88. The van der Waals surface area contributed by atoms with Crippen LogP contribution >= 0.6 is 0 Å². The fourth-order valence-electron chi connectivity index (χ4n) is 4.71. The van der Waals surface area contributed by atoms with E-state index in [0.717, 1.165) is 40.9 Å². The lowest BCUT2D eigenvalue weighted by atomic mass is 10.1. The smallest absolute Gasteiger partial charge is 0.335 e. The van der Waals surface area contributed by atoms with Crippen LogP contribution in [0.4, 0.5) is 5.69 Å². The molecule has 4 heterocycles. The lowest BCUT2D eigenvalue weighted by molar-refractivity contribution is 0.0697. The zero-order valence-corrected chi connectivity index (χ0v) is 20.7. The van der Waals surface area contributed by atoms with Crippen molar-refractivity contribution in [1.29, 1.82) is 0 Å². The van der Waals surface area contributed by atoms with Gasteiger partial charge in [-0.15, -0.1) is 0 Å². The van der Waals surface area contributed by atoms with Crippen LogP contribution in [0.2, 0.25) is 0 Å². The number of anilines is 1. The molecule has 0 amide bonds. The van der Waals surface area contributed by atoms with Crippen LogP contribution in [0.1, 0.15) is 21.7 Å². The first-order chi connectivity index (χ1) is 18.6. The number of para-hydroxylation sites is 1. The van der Waals surface area contributed by atoms with Gasteiger partial charge in [-0.25, -0.2) is 19.3 Å². The molecule has 190 valence electrons. The van der Waals surface area contributed by atoms with Gasteiger partial charge in [0.15, 0.2) is 5.65 Å². The molecule has 1 fully saturated rings. The van der Waals surface area contributed by atoms with Gasteiger partial charge >= 0.3 is 5.97 Å². The van der Waals surface area contributed by atoms with Crippen LogP contribution in [-0.4, -0.2) is 64.1 Å². The molecule has 0 spiro atoms. The topological polar surface area (TPSA) is 102 Å². The quantitative estimate of drug-likeness (QED) is 0.354. The van der Waals surface area contributed by atoms with Crippen LogP contribution in [-0.2, 0) is 4.74 Å². The molecule has 0 aliphatic carbocycles. The van der Waals surface area contributed by atoms with E-state index in [1.54, 1.807) is 37.6 Å². The molecule has 0 saturated carbocycles. The first kappa shape index (κ1) is 23.6. The van der Waals surface area contributed by atoms with Crippen LogP contribution in [0.25, 0.3) is 40.0 Å². The number of aromatic carboxylic acids is 1. The minimum atomic E-state index is -0.975. The Morgan fingerprint density at radius 1 is 1.00 bits per heavy atom. The number of hydrogen-bond acceptors (Lipinski definition) is 7. The predicted molar refractivity (Wildman–Crippen MR) is 146 cm³/mol. The molecular weight excluding hydrogens is 482 g/mol. The van der Waals surface area contributed by atoms with Gasteiger partial charge in [-0.1, -0.05) is 30.3 Å². The van der Waals surface area contributed by atoms with Gasteiger partial charge < -0.3 is 19.5 Å². The number of imidazole rings is 1. The van der Waals surface area contributed by atoms with E-state index in [4.69, 9.17) is 19.4 Å². The van der Waals surface area contributed by atoms with Crippen molar-refractivity contribution in [3.63, 3.8) is 0 Å². The van der Waals surface area contributed by atoms with E-state index in [0.29, 0.717) is 36.0 Å². The molecular formula is C29H25N5O4. The first-order valence-electron chi connectivity index (χ1n) is 12.3. The normalized spacial score (nSPS) is 14.0. The van der Waals surface area contributed by atoms with Crippen molar-refractivity contribution >= 4 is 40.4 Å². The van der Waals surface area contributed by atoms with Gasteiger partial charge in [-0.3, -0.25) is 0 Å². The van der Waals surface area contributed by atoms with Crippen LogP contribution < -0.4 is 9.64 Å². The van der Waals surface area contributed by atoms with E-state index in [2.05, 4.69) is 10.00 Å². The third-order valence-electron chi connectivity index (χ3n) is 6.62. The Kier molecular flexibility index (Phi) is 6.19. The van der Waals surface area contributed by atoms with Crippen molar-refractivity contribution in [2.45, 2.75) is 0 Å². The molecule has 38 heavy (non-hydrogen) atoms. The molecule has 0 radical (unpaired) electrons. The van der Waals surface area contributed by atoms with Crippen LogP contribution in [0.3, 0.4) is 0 Å². The van der Waals surface area contributed by atoms with Crippen LogP contribution in [0, 0.1) is 0 Å². The highest BCUT2D eigenvalue weighted by molar-refractivity contribution is 5.90. The minimum Gasteiger partial charge on any atom is -0.494 e. The highest BCUT2D eigenvalue weighted by atomic mass is 16.5. The summed E-state index contributed by atoms with van der Waals surface area (Å²) in [5.41, 5.74) is 5.67. The molecule has 9 heteroatoms. The van der Waals surface area contributed by atoms with Gasteiger partial charge in [0.25, 0.3) is 0 Å². The van der Waals surface area contributed by atoms with Gasteiger partial charge in [0.1, 0.15) is 17.1 Å². The van der Waals surface area contributed by atoms with Crippen molar-refractivity contribution in [2.24, 2.45) is 0 Å². The minimum absolute atomic E-state index is 0.215. The number of hydrogen-bond donors (Lipinski definition) is 1. The second kappa shape index (κ2) is 9.95. The third-order valence-corrected chi connectivity index (χ3v) is 6.62. The average Bonchev–Trinajstić information content (AvgIpc) is 3.34. The number of ether oxygens (including phenoxy) is 2. The summed E-state index contributed by atoms with van der Waals surface area (Å²) in [6.45, 7) is 2.83. The Balaban J connectivity index is 1.51. The number of methoxy groups -OCH3 is 1. The highest BCUT2D eigenvalue weighted by Crippen LogP contribution is 2.32. The maximum absolute atomic E-state index is 11.4. The first-order valence-corrected chi connectivity index (χ1v) is 12.3. The molecule has 3 aromatic heterocycles. The summed E-state index contributed by atoms with van der Waals surface area (Å²) in [4.78, 5) is 23.5. The predicted octanol–water partition coefficient (Wildman–Crippen LogP) is 4.66. The zero-order valence-electron chi connectivity index (χ0n) is 20.7. The van der Waals surface area contributed by atoms with E-state index in [1.165, 1.54) is 0 Å². The van der Waals surface area contributed by atoms with Crippen molar-refractivity contribution in [1.82, 2.24) is 19.6 Å². The van der Waals surface area contributed by atoms with E-state index >= 15 is 0 Å². The van der Waals surface area contributed by atoms with Crippen molar-refractivity contribution in [3.8, 4) is 17.0 Å². The summed E-state index contributed by atoms with van der Waals surface area (Å²) in [6.07, 6.45) is 5.55. The summed E-state index contributed by atoms with van der Waals surface area (Å²) in [5, 5.41) is 15.0. The van der Waals surface area contributed by atoms with Crippen molar-refractivity contribution in [3.05, 3.63) is 83.8 Å². The summed E-state index contributed by atoms with van der Waals surface area (Å²) < 4.78 is 13.0. The number of rotatable bonds is 6. The molecule has 9 nitrogen and oxygen atoms in total. The van der Waals surface area contributed by atoms with Gasteiger partial charge in [-0.2, -0.15) is 5.10 Å². The molecule has 0 atom stereocenters. The Hall–Kier alpha value is -4.76. The lowest BCUT2D eigenvalue weighted by Gasteiger charge is -2.28. The zero-order chi connectivity index (χ0) is 26.1. The number of carbonyl (C=O) groups is 1. The van der Waals surface area contributed by atoms with Gasteiger partial charge in [0, 0.05) is 24.0 Å². The summed E-state index contributed by atoms with van der Waals surface area (Å²) in [7, 11) is 1.63. The molecule has 1 aliphatic rings. The monoisotopic (exact) mass is 507 g/mol. The van der Waals surface area contributed by atoms with E-state index < -0.39 is 5.97 Å². The largest absolute Gasteiger partial charge is 0.494 e. The lowest BCUT2D eigenvalue weighted by Crippen LogP contribution is -2.36. The molecule has 1 aliphatic heterocycles. The molecule has 1 saturated heterocycles. The summed E-state index contributed by atoms with van der Waals surface area (Å²) >= 11 is 0. The number of carboxylic acid groups (broad SMARTS) is 1. The van der Waals surface area contributed by atoms with Crippen molar-refractivity contribution < 1.29 is 19.4 Å².